The number of imide groups is 1. The number of esters is 1. The van der Waals surface area contributed by atoms with Gasteiger partial charge in [0.1, 0.15) is 6.54 Å². The largest absolute Gasteiger partial charge is 0.468 e. The molecule has 1 heterocycles. The van der Waals surface area contributed by atoms with Crippen molar-refractivity contribution < 1.29 is 28.8 Å². The molecular formula is C22H21N3O7. The third-order valence-corrected chi connectivity index (χ3v) is 5.05. The van der Waals surface area contributed by atoms with E-state index in [1.165, 1.54) is 24.1 Å². The van der Waals surface area contributed by atoms with E-state index in [-0.39, 0.29) is 55.2 Å². The van der Waals surface area contributed by atoms with Crippen molar-refractivity contribution in [1.82, 2.24) is 9.80 Å². The molecule has 3 amide bonds. The number of carbonyl (C=O) groups excluding carboxylic acids is 4. The molecule has 10 nitrogen and oxygen atoms in total. The van der Waals surface area contributed by atoms with Gasteiger partial charge in [0.2, 0.25) is 5.91 Å². The lowest BCUT2D eigenvalue weighted by Crippen LogP contribution is -2.36. The Morgan fingerprint density at radius 3 is 2.41 bits per heavy atom. The van der Waals surface area contributed by atoms with Crippen molar-refractivity contribution in [3.8, 4) is 0 Å². The number of rotatable bonds is 9. The van der Waals surface area contributed by atoms with Gasteiger partial charge in [-0.1, -0.05) is 30.3 Å². The van der Waals surface area contributed by atoms with Gasteiger partial charge in [0, 0.05) is 31.6 Å². The van der Waals surface area contributed by atoms with Gasteiger partial charge in [-0.3, -0.25) is 34.2 Å². The molecule has 0 fully saturated rings. The number of ether oxygens (including phenoxy) is 1. The smallest absolute Gasteiger partial charge is 0.325 e. The number of nitro groups is 1. The number of nitro benzene ring substituents is 1. The molecule has 10 heteroatoms. The number of nitrogens with zero attached hydrogens (tertiary/aromatic N) is 3. The van der Waals surface area contributed by atoms with Crippen LogP contribution in [0.3, 0.4) is 0 Å². The molecule has 0 radical (unpaired) electrons. The molecule has 0 unspecified atom stereocenters. The van der Waals surface area contributed by atoms with Crippen LogP contribution in [0.1, 0.15) is 39.1 Å². The van der Waals surface area contributed by atoms with Crippen molar-refractivity contribution >= 4 is 29.4 Å². The van der Waals surface area contributed by atoms with Crippen molar-refractivity contribution in [2.75, 3.05) is 20.2 Å². The second-order valence-corrected chi connectivity index (χ2v) is 7.16. The van der Waals surface area contributed by atoms with Gasteiger partial charge >= 0.3 is 5.97 Å². The SMILES string of the molecule is COC(=O)CN(Cc1ccccc1)C(=O)CCCN1C(=O)c2ccc([N+](=O)[O-])cc2C1=O. The van der Waals surface area contributed by atoms with E-state index in [1.54, 1.807) is 0 Å². The summed E-state index contributed by atoms with van der Waals surface area (Å²) in [5.74, 6) is -2.07. The van der Waals surface area contributed by atoms with Crippen LogP contribution in [0.15, 0.2) is 48.5 Å². The van der Waals surface area contributed by atoms with Crippen LogP contribution in [-0.4, -0.2) is 58.6 Å². The van der Waals surface area contributed by atoms with Gasteiger partial charge < -0.3 is 9.64 Å². The number of amides is 3. The third-order valence-electron chi connectivity index (χ3n) is 5.05. The third kappa shape index (κ3) is 4.97. The van der Waals surface area contributed by atoms with E-state index in [0.717, 1.165) is 16.5 Å². The van der Waals surface area contributed by atoms with Crippen LogP contribution in [0.25, 0.3) is 0 Å². The highest BCUT2D eigenvalue weighted by molar-refractivity contribution is 6.21. The van der Waals surface area contributed by atoms with Gasteiger partial charge in [-0.2, -0.15) is 0 Å². The van der Waals surface area contributed by atoms with Crippen LogP contribution in [0.4, 0.5) is 5.69 Å². The van der Waals surface area contributed by atoms with Crippen LogP contribution in [-0.2, 0) is 20.9 Å². The number of benzene rings is 2. The number of carbonyl (C=O) groups is 4. The van der Waals surface area contributed by atoms with E-state index in [0.29, 0.717) is 0 Å². The molecule has 0 aromatic heterocycles. The summed E-state index contributed by atoms with van der Waals surface area (Å²) in [7, 11) is 1.24. The molecule has 0 atom stereocenters. The fourth-order valence-corrected chi connectivity index (χ4v) is 3.40. The molecule has 0 saturated carbocycles. The molecule has 0 saturated heterocycles. The Kier molecular flexibility index (Phi) is 6.93. The van der Waals surface area contributed by atoms with Crippen molar-refractivity contribution in [3.63, 3.8) is 0 Å². The fourth-order valence-electron chi connectivity index (χ4n) is 3.40. The van der Waals surface area contributed by atoms with Crippen LogP contribution in [0, 0.1) is 10.1 Å². The second-order valence-electron chi connectivity index (χ2n) is 7.16. The standard InChI is InChI=1S/C22H21N3O7/c1-32-20(27)14-23(13-15-6-3-2-4-7-15)19(26)8-5-11-24-21(28)17-10-9-16(25(30)31)12-18(17)22(24)29/h2-4,6-7,9-10,12H,5,8,11,13-14H2,1H3. The van der Waals surface area contributed by atoms with Gasteiger partial charge in [0.15, 0.2) is 0 Å². The van der Waals surface area contributed by atoms with Gasteiger partial charge in [-0.15, -0.1) is 0 Å². The fraction of sp³-hybridized carbons (Fsp3) is 0.273. The average Bonchev–Trinajstić information content (AvgIpc) is 3.03. The molecule has 1 aliphatic heterocycles. The van der Waals surface area contributed by atoms with E-state index >= 15 is 0 Å². The maximum Gasteiger partial charge on any atom is 0.325 e. The minimum Gasteiger partial charge on any atom is -0.468 e. The van der Waals surface area contributed by atoms with Gasteiger partial charge in [0.25, 0.3) is 17.5 Å². The summed E-state index contributed by atoms with van der Waals surface area (Å²) in [6.07, 6.45) is 0.177. The molecule has 0 aliphatic carbocycles. The maximum atomic E-state index is 12.7. The molecule has 1 aliphatic rings. The van der Waals surface area contributed by atoms with Gasteiger partial charge in [0.05, 0.1) is 23.2 Å². The Morgan fingerprint density at radius 2 is 1.75 bits per heavy atom. The van der Waals surface area contributed by atoms with Crippen molar-refractivity contribution in [2.45, 2.75) is 19.4 Å². The predicted octanol–water partition coefficient (Wildman–Crippen LogP) is 2.17. The molecule has 2 aromatic carbocycles. The first-order chi connectivity index (χ1) is 15.3. The molecule has 0 N–H and O–H groups in total. The topological polar surface area (TPSA) is 127 Å². The Morgan fingerprint density at radius 1 is 1.06 bits per heavy atom. The molecule has 2 aromatic rings. The minimum absolute atomic E-state index is 0.00260. The highest BCUT2D eigenvalue weighted by Crippen LogP contribution is 2.27. The first-order valence-electron chi connectivity index (χ1n) is 9.85. The van der Waals surface area contributed by atoms with Crippen LogP contribution in [0.5, 0.6) is 0 Å². The zero-order valence-corrected chi connectivity index (χ0v) is 17.4. The van der Waals surface area contributed by atoms with Gasteiger partial charge in [-0.25, -0.2) is 0 Å². The first-order valence-corrected chi connectivity index (χ1v) is 9.85. The summed E-state index contributed by atoms with van der Waals surface area (Å²) >= 11 is 0. The zero-order valence-electron chi connectivity index (χ0n) is 17.4. The Balaban J connectivity index is 1.62. The highest BCUT2D eigenvalue weighted by Gasteiger charge is 2.36. The molecule has 0 spiro atoms. The van der Waals surface area contributed by atoms with E-state index in [2.05, 4.69) is 4.74 Å². The van der Waals surface area contributed by atoms with E-state index in [1.807, 2.05) is 30.3 Å². The van der Waals surface area contributed by atoms with E-state index in [4.69, 9.17) is 0 Å². The summed E-state index contributed by atoms with van der Waals surface area (Å²) in [6.45, 7) is -0.0321. The summed E-state index contributed by atoms with van der Waals surface area (Å²) in [6, 6.07) is 12.7. The Bertz CT molecular complexity index is 1070. The summed E-state index contributed by atoms with van der Waals surface area (Å²) in [4.78, 5) is 62.1. The molecule has 166 valence electrons. The van der Waals surface area contributed by atoms with Crippen LogP contribution >= 0.6 is 0 Å². The molecular weight excluding hydrogens is 418 g/mol. The van der Waals surface area contributed by atoms with Crippen LogP contribution < -0.4 is 0 Å². The monoisotopic (exact) mass is 439 g/mol. The minimum atomic E-state index is -0.637. The van der Waals surface area contributed by atoms with Gasteiger partial charge in [-0.05, 0) is 18.1 Å². The maximum absolute atomic E-state index is 12.7. The molecule has 0 bridgehead atoms. The van der Waals surface area contributed by atoms with E-state index in [9.17, 15) is 29.3 Å². The lowest BCUT2D eigenvalue weighted by atomic mass is 10.1. The molecule has 32 heavy (non-hydrogen) atoms. The lowest BCUT2D eigenvalue weighted by Gasteiger charge is -2.22. The first kappa shape index (κ1) is 22.6. The Labute approximate surface area is 183 Å². The number of non-ortho nitro benzene ring substituents is 1. The number of fused-ring (bicyclic) bond motifs is 1. The zero-order chi connectivity index (χ0) is 23.3. The second kappa shape index (κ2) is 9.82. The van der Waals surface area contributed by atoms with Crippen molar-refractivity contribution in [2.24, 2.45) is 0 Å². The summed E-state index contributed by atoms with van der Waals surface area (Å²) in [5, 5.41) is 10.9. The number of methoxy groups -OCH3 is 1. The quantitative estimate of drug-likeness (QED) is 0.254. The van der Waals surface area contributed by atoms with Crippen molar-refractivity contribution in [1.29, 1.82) is 0 Å². The highest BCUT2D eigenvalue weighted by atomic mass is 16.6. The average molecular weight is 439 g/mol. The predicted molar refractivity (Wildman–Crippen MR) is 112 cm³/mol. The Hall–Kier alpha value is -4.08. The number of hydrogen-bond donors (Lipinski definition) is 0. The normalized spacial score (nSPS) is 12.5. The number of hydrogen-bond acceptors (Lipinski definition) is 7. The summed E-state index contributed by atoms with van der Waals surface area (Å²) < 4.78 is 4.67. The lowest BCUT2D eigenvalue weighted by molar-refractivity contribution is -0.384. The molecule has 3 rings (SSSR count). The van der Waals surface area contributed by atoms with Crippen molar-refractivity contribution in [3.05, 3.63) is 75.3 Å². The summed E-state index contributed by atoms with van der Waals surface area (Å²) in [5.41, 5.74) is 0.642. The van der Waals surface area contributed by atoms with Crippen LogP contribution in [0.2, 0.25) is 0 Å². The van der Waals surface area contributed by atoms with E-state index < -0.39 is 22.7 Å².